The lowest BCUT2D eigenvalue weighted by molar-refractivity contribution is -0.384. The van der Waals surface area contributed by atoms with Crippen LogP contribution in [0.1, 0.15) is 10.4 Å². The van der Waals surface area contributed by atoms with Crippen LogP contribution in [0.5, 0.6) is 11.5 Å². The standard InChI is InChI=1S/C21H15N3O4S/c1-23-18-13-15(24(26)27)10-11-19(18)29-21(23)22-20(25)14-6-5-9-17(12-14)28-16-7-3-2-4-8-16/h2-13H,1H3. The van der Waals surface area contributed by atoms with Gasteiger partial charge in [0, 0.05) is 24.7 Å². The van der Waals surface area contributed by atoms with Gasteiger partial charge in [-0.05, 0) is 36.4 Å². The number of non-ortho nitro benzene ring substituents is 1. The Balaban J connectivity index is 1.67. The van der Waals surface area contributed by atoms with Crippen molar-refractivity contribution in [3.05, 3.63) is 93.3 Å². The Kier molecular flexibility index (Phi) is 4.92. The van der Waals surface area contributed by atoms with Crippen molar-refractivity contribution in [1.82, 2.24) is 4.57 Å². The highest BCUT2D eigenvalue weighted by Gasteiger charge is 2.12. The van der Waals surface area contributed by atoms with E-state index in [2.05, 4.69) is 4.99 Å². The van der Waals surface area contributed by atoms with Crippen molar-refractivity contribution in [3.63, 3.8) is 0 Å². The number of fused-ring (bicyclic) bond motifs is 1. The van der Waals surface area contributed by atoms with Crippen molar-refractivity contribution in [2.75, 3.05) is 0 Å². The number of nitrogens with zero attached hydrogens (tertiary/aromatic N) is 3. The summed E-state index contributed by atoms with van der Waals surface area (Å²) in [6.45, 7) is 0. The number of hydrogen-bond donors (Lipinski definition) is 0. The molecule has 0 spiro atoms. The number of thiazole rings is 1. The molecule has 29 heavy (non-hydrogen) atoms. The summed E-state index contributed by atoms with van der Waals surface area (Å²) in [5, 5.41) is 11.0. The van der Waals surface area contributed by atoms with Gasteiger partial charge in [0.15, 0.2) is 4.80 Å². The van der Waals surface area contributed by atoms with Gasteiger partial charge in [0.2, 0.25) is 0 Å². The van der Waals surface area contributed by atoms with Gasteiger partial charge in [-0.15, -0.1) is 0 Å². The molecule has 1 amide bonds. The second-order valence-electron chi connectivity index (χ2n) is 6.21. The monoisotopic (exact) mass is 405 g/mol. The first-order chi connectivity index (χ1) is 14.0. The maximum Gasteiger partial charge on any atom is 0.279 e. The van der Waals surface area contributed by atoms with Crippen LogP contribution in [0.2, 0.25) is 0 Å². The third kappa shape index (κ3) is 3.92. The van der Waals surface area contributed by atoms with Crippen LogP contribution in [0, 0.1) is 10.1 Å². The van der Waals surface area contributed by atoms with Gasteiger partial charge in [-0.3, -0.25) is 14.9 Å². The van der Waals surface area contributed by atoms with E-state index in [1.807, 2.05) is 30.3 Å². The van der Waals surface area contributed by atoms with Crippen molar-refractivity contribution < 1.29 is 14.5 Å². The van der Waals surface area contributed by atoms with Crippen LogP contribution in [0.15, 0.2) is 77.8 Å². The van der Waals surface area contributed by atoms with Gasteiger partial charge in [0.25, 0.3) is 11.6 Å². The molecular formula is C21H15N3O4S. The normalized spacial score (nSPS) is 11.6. The molecule has 0 saturated heterocycles. The minimum Gasteiger partial charge on any atom is -0.457 e. The molecule has 3 aromatic carbocycles. The molecule has 144 valence electrons. The molecule has 7 nitrogen and oxygen atoms in total. The first kappa shape index (κ1) is 18.6. The molecule has 4 aromatic rings. The van der Waals surface area contributed by atoms with Crippen molar-refractivity contribution in [1.29, 1.82) is 0 Å². The fraction of sp³-hybridized carbons (Fsp3) is 0.0476. The molecule has 0 saturated carbocycles. The van der Waals surface area contributed by atoms with Crippen molar-refractivity contribution in [3.8, 4) is 11.5 Å². The number of ether oxygens (including phenoxy) is 1. The molecule has 1 aromatic heterocycles. The lowest BCUT2D eigenvalue weighted by atomic mass is 10.2. The molecule has 0 fully saturated rings. The Morgan fingerprint density at radius 3 is 2.55 bits per heavy atom. The molecule has 0 aliphatic rings. The fourth-order valence-electron chi connectivity index (χ4n) is 2.80. The van der Waals surface area contributed by atoms with E-state index in [1.54, 1.807) is 41.9 Å². The number of aryl methyl sites for hydroxylation is 1. The largest absolute Gasteiger partial charge is 0.457 e. The van der Waals surface area contributed by atoms with Crippen LogP contribution in [0.3, 0.4) is 0 Å². The number of aromatic nitrogens is 1. The van der Waals surface area contributed by atoms with Crippen LogP contribution in [0.4, 0.5) is 5.69 Å². The topological polar surface area (TPSA) is 86.7 Å². The summed E-state index contributed by atoms with van der Waals surface area (Å²) in [7, 11) is 1.73. The Hall–Kier alpha value is -3.78. The third-order valence-corrected chi connectivity index (χ3v) is 5.37. The zero-order chi connectivity index (χ0) is 20.4. The smallest absolute Gasteiger partial charge is 0.279 e. The van der Waals surface area contributed by atoms with E-state index in [0.29, 0.717) is 27.4 Å². The van der Waals surface area contributed by atoms with E-state index in [-0.39, 0.29) is 5.69 Å². The van der Waals surface area contributed by atoms with Gasteiger partial charge in [0.1, 0.15) is 11.5 Å². The molecule has 8 heteroatoms. The summed E-state index contributed by atoms with van der Waals surface area (Å²) < 4.78 is 8.25. The molecule has 0 atom stereocenters. The SMILES string of the molecule is Cn1c(=NC(=O)c2cccc(Oc3ccccc3)c2)sc2ccc([N+](=O)[O-])cc21. The summed E-state index contributed by atoms with van der Waals surface area (Å²) in [6, 6.07) is 20.7. The number of carbonyl (C=O) groups is 1. The fourth-order valence-corrected chi connectivity index (χ4v) is 3.80. The summed E-state index contributed by atoms with van der Waals surface area (Å²) in [6.07, 6.45) is 0. The summed E-state index contributed by atoms with van der Waals surface area (Å²) in [5.74, 6) is 0.792. The second-order valence-corrected chi connectivity index (χ2v) is 7.22. The first-order valence-corrected chi connectivity index (χ1v) is 9.49. The Morgan fingerprint density at radius 1 is 1.03 bits per heavy atom. The van der Waals surface area contributed by atoms with Gasteiger partial charge >= 0.3 is 0 Å². The highest BCUT2D eigenvalue weighted by atomic mass is 32.1. The molecule has 4 rings (SSSR count). The van der Waals surface area contributed by atoms with Crippen LogP contribution in [-0.2, 0) is 7.05 Å². The number of rotatable bonds is 4. The number of carbonyl (C=O) groups excluding carboxylic acids is 1. The quantitative estimate of drug-likeness (QED) is 0.364. The first-order valence-electron chi connectivity index (χ1n) is 8.67. The average Bonchev–Trinajstić information content (AvgIpc) is 3.04. The predicted molar refractivity (Wildman–Crippen MR) is 110 cm³/mol. The van der Waals surface area contributed by atoms with Crippen LogP contribution >= 0.6 is 11.3 Å². The van der Waals surface area contributed by atoms with Crippen molar-refractivity contribution >= 4 is 33.1 Å². The Bertz CT molecular complexity index is 1290. The van der Waals surface area contributed by atoms with E-state index < -0.39 is 10.8 Å². The lowest BCUT2D eigenvalue weighted by Crippen LogP contribution is -2.13. The number of benzene rings is 3. The summed E-state index contributed by atoms with van der Waals surface area (Å²) >= 11 is 1.30. The van der Waals surface area contributed by atoms with Crippen LogP contribution < -0.4 is 9.54 Å². The zero-order valence-corrected chi connectivity index (χ0v) is 16.1. The molecule has 1 heterocycles. The highest BCUT2D eigenvalue weighted by molar-refractivity contribution is 7.16. The number of nitro groups is 1. The molecule has 0 N–H and O–H groups in total. The van der Waals surface area contributed by atoms with E-state index in [4.69, 9.17) is 4.74 Å². The van der Waals surface area contributed by atoms with E-state index in [1.165, 1.54) is 23.5 Å². The summed E-state index contributed by atoms with van der Waals surface area (Å²) in [4.78, 5) is 27.9. The molecule has 0 bridgehead atoms. The molecule has 0 aliphatic carbocycles. The molecular weight excluding hydrogens is 390 g/mol. The third-order valence-electron chi connectivity index (χ3n) is 4.26. The molecule has 0 unspecified atom stereocenters. The van der Waals surface area contributed by atoms with Gasteiger partial charge in [0.05, 0.1) is 15.1 Å². The number of amides is 1. The lowest BCUT2D eigenvalue weighted by Gasteiger charge is -2.06. The van der Waals surface area contributed by atoms with E-state index in [9.17, 15) is 14.9 Å². The van der Waals surface area contributed by atoms with Gasteiger partial charge in [-0.2, -0.15) is 4.99 Å². The van der Waals surface area contributed by atoms with E-state index in [0.717, 1.165) is 4.70 Å². The average molecular weight is 405 g/mol. The highest BCUT2D eigenvalue weighted by Crippen LogP contribution is 2.24. The van der Waals surface area contributed by atoms with Crippen molar-refractivity contribution in [2.45, 2.75) is 0 Å². The minimum absolute atomic E-state index is 0.00506. The molecule has 0 aliphatic heterocycles. The van der Waals surface area contributed by atoms with Gasteiger partial charge < -0.3 is 9.30 Å². The number of para-hydroxylation sites is 1. The van der Waals surface area contributed by atoms with Gasteiger partial charge in [-0.25, -0.2) is 0 Å². The Morgan fingerprint density at radius 2 is 1.79 bits per heavy atom. The van der Waals surface area contributed by atoms with Crippen molar-refractivity contribution in [2.24, 2.45) is 12.0 Å². The van der Waals surface area contributed by atoms with Crippen LogP contribution in [-0.4, -0.2) is 15.4 Å². The molecule has 0 radical (unpaired) electrons. The second kappa shape index (κ2) is 7.69. The Labute approximate surface area is 169 Å². The van der Waals surface area contributed by atoms with E-state index >= 15 is 0 Å². The van der Waals surface area contributed by atoms with Gasteiger partial charge in [-0.1, -0.05) is 35.6 Å². The predicted octanol–water partition coefficient (Wildman–Crippen LogP) is 4.68. The number of nitro benzene ring substituents is 1. The summed E-state index contributed by atoms with van der Waals surface area (Å²) in [5.41, 5.74) is 1.04. The maximum atomic E-state index is 12.7. The zero-order valence-electron chi connectivity index (χ0n) is 15.3. The minimum atomic E-state index is -0.447. The van der Waals surface area contributed by atoms with Crippen LogP contribution in [0.25, 0.3) is 10.2 Å². The maximum absolute atomic E-state index is 12.7. The number of hydrogen-bond acceptors (Lipinski definition) is 5.